The third-order valence-electron chi connectivity index (χ3n) is 3.86. The van der Waals surface area contributed by atoms with Crippen LogP contribution in [0, 0.1) is 0 Å². The van der Waals surface area contributed by atoms with Gasteiger partial charge in [-0.3, -0.25) is 4.79 Å². The molecule has 0 spiro atoms. The fourth-order valence-electron chi connectivity index (χ4n) is 2.38. The molecule has 2 rings (SSSR count). The number of nitrogens with zero attached hydrogens (tertiary/aromatic N) is 2. The van der Waals surface area contributed by atoms with Crippen molar-refractivity contribution >= 4 is 11.7 Å². The van der Waals surface area contributed by atoms with Gasteiger partial charge in [0.15, 0.2) is 0 Å². The van der Waals surface area contributed by atoms with Gasteiger partial charge in [0.25, 0.3) is 5.91 Å². The first-order valence-electron chi connectivity index (χ1n) is 8.23. The van der Waals surface area contributed by atoms with Crippen molar-refractivity contribution in [2.45, 2.75) is 26.3 Å². The fraction of sp³-hybridized carbons (Fsp3) is 0.368. The molecule has 0 saturated carbocycles. The van der Waals surface area contributed by atoms with Gasteiger partial charge < -0.3 is 15.0 Å². The topological polar surface area (TPSA) is 54.5 Å². The number of ether oxygens (including phenoxy) is 1. The van der Waals surface area contributed by atoms with E-state index in [-0.39, 0.29) is 5.91 Å². The molecule has 0 radical (unpaired) electrons. The van der Waals surface area contributed by atoms with Crippen LogP contribution in [-0.4, -0.2) is 36.5 Å². The smallest absolute Gasteiger partial charge is 0.255 e. The maximum atomic E-state index is 12.3. The summed E-state index contributed by atoms with van der Waals surface area (Å²) in [6.45, 7) is 3.49. The summed E-state index contributed by atoms with van der Waals surface area (Å²) in [4.78, 5) is 18.3. The second-order valence-corrected chi connectivity index (χ2v) is 5.68. The lowest BCUT2D eigenvalue weighted by Gasteiger charge is -2.16. The van der Waals surface area contributed by atoms with Crippen LogP contribution < -0.4 is 10.1 Å². The number of hydrogen-bond donors (Lipinski definition) is 1. The van der Waals surface area contributed by atoms with Crippen LogP contribution >= 0.6 is 0 Å². The summed E-state index contributed by atoms with van der Waals surface area (Å²) < 4.78 is 5.33. The van der Waals surface area contributed by atoms with Crippen molar-refractivity contribution in [1.29, 1.82) is 0 Å². The molecule has 1 aromatic heterocycles. The van der Waals surface area contributed by atoms with Gasteiger partial charge in [-0.05, 0) is 24.6 Å². The quantitative estimate of drug-likeness (QED) is 0.805. The van der Waals surface area contributed by atoms with Crippen molar-refractivity contribution in [2.24, 2.45) is 0 Å². The average molecular weight is 327 g/mol. The lowest BCUT2D eigenvalue weighted by Crippen LogP contribution is -2.27. The highest BCUT2D eigenvalue weighted by Crippen LogP contribution is 2.18. The molecule has 5 nitrogen and oxygen atoms in total. The summed E-state index contributed by atoms with van der Waals surface area (Å²) in [7, 11) is 3.48. The molecular formula is C19H25N3O2. The number of anilines is 1. The summed E-state index contributed by atoms with van der Waals surface area (Å²) in [5.41, 5.74) is 1.66. The van der Waals surface area contributed by atoms with E-state index < -0.39 is 0 Å². The van der Waals surface area contributed by atoms with E-state index in [2.05, 4.69) is 17.2 Å². The summed E-state index contributed by atoms with van der Waals surface area (Å²) in [6, 6.07) is 11.5. The average Bonchev–Trinajstić information content (AvgIpc) is 2.64. The van der Waals surface area contributed by atoms with Crippen molar-refractivity contribution in [3.8, 4) is 5.75 Å². The highest BCUT2D eigenvalue weighted by Gasteiger charge is 2.11. The van der Waals surface area contributed by atoms with E-state index in [9.17, 15) is 4.79 Å². The van der Waals surface area contributed by atoms with Gasteiger partial charge in [-0.1, -0.05) is 31.5 Å². The van der Waals surface area contributed by atoms with Crippen molar-refractivity contribution in [1.82, 2.24) is 9.88 Å². The maximum Gasteiger partial charge on any atom is 0.255 e. The standard InChI is InChI=1S/C19H25N3O2/c1-4-5-12-22(2)19(23)16-10-11-18(21-14-16)20-13-15-8-6-7-9-17(15)24-3/h6-11,14H,4-5,12-13H2,1-3H3,(H,20,21). The zero-order chi connectivity index (χ0) is 17.4. The van der Waals surface area contributed by atoms with E-state index in [1.165, 1.54) is 0 Å². The summed E-state index contributed by atoms with van der Waals surface area (Å²) >= 11 is 0. The van der Waals surface area contributed by atoms with Gasteiger partial charge in [0.05, 0.1) is 12.7 Å². The normalized spacial score (nSPS) is 10.3. The third kappa shape index (κ3) is 4.72. The number of amides is 1. The molecular weight excluding hydrogens is 302 g/mol. The number of carbonyl (C=O) groups is 1. The molecule has 1 amide bonds. The lowest BCUT2D eigenvalue weighted by atomic mass is 10.2. The minimum absolute atomic E-state index is 0.00669. The Kier molecular flexibility index (Phi) is 6.61. The van der Waals surface area contributed by atoms with Crippen LogP contribution in [0.25, 0.3) is 0 Å². The maximum absolute atomic E-state index is 12.3. The number of carbonyl (C=O) groups excluding carboxylic acids is 1. The number of methoxy groups -OCH3 is 1. The molecule has 5 heteroatoms. The monoisotopic (exact) mass is 327 g/mol. The van der Waals surface area contributed by atoms with Gasteiger partial charge in [-0.25, -0.2) is 4.98 Å². The number of benzene rings is 1. The third-order valence-corrected chi connectivity index (χ3v) is 3.86. The molecule has 0 saturated heterocycles. The molecule has 1 N–H and O–H groups in total. The van der Waals surface area contributed by atoms with E-state index in [1.807, 2.05) is 43.4 Å². The van der Waals surface area contributed by atoms with Gasteiger partial charge in [-0.2, -0.15) is 0 Å². The van der Waals surface area contributed by atoms with Crippen LogP contribution in [0.15, 0.2) is 42.6 Å². The van der Waals surface area contributed by atoms with Crippen molar-refractivity contribution in [3.05, 3.63) is 53.7 Å². The van der Waals surface area contributed by atoms with E-state index in [0.29, 0.717) is 12.1 Å². The number of aromatic nitrogens is 1. The molecule has 1 heterocycles. The van der Waals surface area contributed by atoms with Crippen LogP contribution in [0.4, 0.5) is 5.82 Å². The second kappa shape index (κ2) is 8.91. The van der Waals surface area contributed by atoms with Crippen LogP contribution in [-0.2, 0) is 6.54 Å². The number of nitrogens with one attached hydrogen (secondary N) is 1. The second-order valence-electron chi connectivity index (χ2n) is 5.68. The molecule has 0 aliphatic heterocycles. The fourth-order valence-corrected chi connectivity index (χ4v) is 2.38. The Balaban J connectivity index is 1.95. The summed E-state index contributed by atoms with van der Waals surface area (Å²) in [5.74, 6) is 1.58. The number of hydrogen-bond acceptors (Lipinski definition) is 4. The Labute approximate surface area is 143 Å². The number of para-hydroxylation sites is 1. The van der Waals surface area contributed by atoms with Gasteiger partial charge in [0.1, 0.15) is 11.6 Å². The Bertz CT molecular complexity index is 656. The molecule has 0 bridgehead atoms. The van der Waals surface area contributed by atoms with E-state index in [0.717, 1.165) is 36.5 Å². The Morgan fingerprint density at radius 2 is 2.04 bits per heavy atom. The highest BCUT2D eigenvalue weighted by atomic mass is 16.5. The Hall–Kier alpha value is -2.56. The van der Waals surface area contributed by atoms with Crippen molar-refractivity contribution in [3.63, 3.8) is 0 Å². The molecule has 0 atom stereocenters. The molecule has 2 aromatic rings. The zero-order valence-electron chi connectivity index (χ0n) is 14.6. The van der Waals surface area contributed by atoms with Crippen molar-refractivity contribution < 1.29 is 9.53 Å². The van der Waals surface area contributed by atoms with E-state index in [1.54, 1.807) is 18.2 Å². The van der Waals surface area contributed by atoms with Crippen molar-refractivity contribution in [2.75, 3.05) is 26.0 Å². The summed E-state index contributed by atoms with van der Waals surface area (Å²) in [6.07, 6.45) is 3.70. The van der Waals surface area contributed by atoms with Gasteiger partial charge in [-0.15, -0.1) is 0 Å². The van der Waals surface area contributed by atoms with Gasteiger partial charge >= 0.3 is 0 Å². The molecule has 24 heavy (non-hydrogen) atoms. The molecule has 0 aliphatic rings. The lowest BCUT2D eigenvalue weighted by molar-refractivity contribution is 0.0793. The van der Waals surface area contributed by atoms with Gasteiger partial charge in [0, 0.05) is 31.9 Å². The first kappa shape index (κ1) is 17.8. The van der Waals surface area contributed by atoms with E-state index >= 15 is 0 Å². The SMILES string of the molecule is CCCCN(C)C(=O)c1ccc(NCc2ccccc2OC)nc1. The Morgan fingerprint density at radius 1 is 1.25 bits per heavy atom. The van der Waals surface area contributed by atoms with Gasteiger partial charge in [0.2, 0.25) is 0 Å². The predicted octanol–water partition coefficient (Wildman–Crippen LogP) is 3.57. The van der Waals surface area contributed by atoms with Crippen LogP contribution in [0.2, 0.25) is 0 Å². The highest BCUT2D eigenvalue weighted by molar-refractivity contribution is 5.93. The van der Waals surface area contributed by atoms with Crippen LogP contribution in [0.3, 0.4) is 0 Å². The molecule has 0 unspecified atom stereocenters. The number of unbranched alkanes of at least 4 members (excludes halogenated alkanes) is 1. The number of rotatable bonds is 8. The first-order chi connectivity index (χ1) is 11.7. The molecule has 0 aliphatic carbocycles. The summed E-state index contributed by atoms with van der Waals surface area (Å²) in [5, 5.41) is 3.25. The van der Waals surface area contributed by atoms with Crippen LogP contribution in [0.5, 0.6) is 5.75 Å². The number of pyridine rings is 1. The minimum Gasteiger partial charge on any atom is -0.496 e. The molecule has 0 fully saturated rings. The largest absolute Gasteiger partial charge is 0.496 e. The molecule has 128 valence electrons. The predicted molar refractivity (Wildman–Crippen MR) is 96.4 cm³/mol. The first-order valence-corrected chi connectivity index (χ1v) is 8.23. The molecule has 1 aromatic carbocycles. The Morgan fingerprint density at radius 3 is 2.71 bits per heavy atom. The minimum atomic E-state index is 0.00669. The zero-order valence-corrected chi connectivity index (χ0v) is 14.6. The van der Waals surface area contributed by atoms with E-state index in [4.69, 9.17) is 4.74 Å². The van der Waals surface area contributed by atoms with Crippen LogP contribution in [0.1, 0.15) is 35.7 Å².